The minimum absolute atomic E-state index is 0.00211. The van der Waals surface area contributed by atoms with Crippen LogP contribution >= 0.6 is 15.9 Å². The van der Waals surface area contributed by atoms with E-state index in [1.54, 1.807) is 6.07 Å². The molecular weight excluding hydrogens is 314 g/mol. The maximum absolute atomic E-state index is 11.5. The second-order valence-corrected chi connectivity index (χ2v) is 4.98. The number of nitrogens with one attached hydrogen (secondary N) is 1. The predicted octanol–water partition coefficient (Wildman–Crippen LogP) is 1.80. The van der Waals surface area contributed by atoms with Crippen LogP contribution in [0.1, 0.15) is 29.3 Å². The number of phenolic OH excluding ortho intramolecular Hbond substituents is 1. The molecule has 0 unspecified atom stereocenters. The number of rotatable bonds is 6. The number of carbonyl (C=O) groups is 1. The summed E-state index contributed by atoms with van der Waals surface area (Å²) < 4.78 is 5.30. The first-order chi connectivity index (χ1) is 9.03. The molecule has 1 aromatic carbocycles. The van der Waals surface area contributed by atoms with Crippen molar-refractivity contribution < 1.29 is 19.7 Å². The van der Waals surface area contributed by atoms with E-state index in [1.165, 1.54) is 13.2 Å². The normalized spacial score (nSPS) is 12.2. The number of ether oxygens (including phenoxy) is 1. The summed E-state index contributed by atoms with van der Waals surface area (Å²) in [7, 11) is 1.26. The third-order valence-electron chi connectivity index (χ3n) is 2.86. The summed E-state index contributed by atoms with van der Waals surface area (Å²) in [6, 6.07) is 3.04. The summed E-state index contributed by atoms with van der Waals surface area (Å²) in [5, 5.41) is 22.0. The van der Waals surface area contributed by atoms with Gasteiger partial charge in [0.15, 0.2) is 0 Å². The summed E-state index contributed by atoms with van der Waals surface area (Å²) in [4.78, 5) is 11.5. The zero-order chi connectivity index (χ0) is 14.4. The Labute approximate surface area is 120 Å². The molecule has 0 bridgehead atoms. The lowest BCUT2D eigenvalue weighted by Crippen LogP contribution is -2.31. The number of hydrogen-bond donors (Lipinski definition) is 3. The van der Waals surface area contributed by atoms with Crippen molar-refractivity contribution in [1.29, 1.82) is 0 Å². The number of aromatic hydroxyl groups is 1. The quantitative estimate of drug-likeness (QED) is 0.693. The van der Waals surface area contributed by atoms with Gasteiger partial charge in [0.25, 0.3) is 0 Å². The SMILES string of the molecule is CC[C@@H](CO)NCc1cc(C(=O)OC)c(O)cc1Br. The Bertz CT molecular complexity index is 447. The molecule has 0 aliphatic carbocycles. The maximum Gasteiger partial charge on any atom is 0.341 e. The van der Waals surface area contributed by atoms with Crippen LogP contribution in [-0.2, 0) is 11.3 Å². The standard InChI is InChI=1S/C13H18BrNO4/c1-3-9(7-16)15-6-8-4-10(13(18)19-2)12(17)5-11(8)14/h4-5,9,15-17H,3,6-7H2,1-2H3/t9-/m0/s1. The van der Waals surface area contributed by atoms with Crippen LogP contribution in [-0.4, -0.2) is 35.9 Å². The van der Waals surface area contributed by atoms with Gasteiger partial charge in [-0.25, -0.2) is 4.79 Å². The molecule has 1 atom stereocenters. The minimum atomic E-state index is -0.583. The molecule has 6 heteroatoms. The van der Waals surface area contributed by atoms with Gasteiger partial charge in [0.05, 0.1) is 13.7 Å². The van der Waals surface area contributed by atoms with Crippen molar-refractivity contribution in [2.24, 2.45) is 0 Å². The summed E-state index contributed by atoms with van der Waals surface area (Å²) in [5.74, 6) is -0.711. The fraction of sp³-hybridized carbons (Fsp3) is 0.462. The van der Waals surface area contributed by atoms with Crippen molar-refractivity contribution in [3.8, 4) is 5.75 Å². The van der Waals surface area contributed by atoms with Crippen LogP contribution in [0, 0.1) is 0 Å². The second-order valence-electron chi connectivity index (χ2n) is 4.12. The number of hydrogen-bond acceptors (Lipinski definition) is 5. The molecule has 106 valence electrons. The van der Waals surface area contributed by atoms with Crippen molar-refractivity contribution >= 4 is 21.9 Å². The molecule has 19 heavy (non-hydrogen) atoms. The first-order valence-corrected chi connectivity index (χ1v) is 6.76. The lowest BCUT2D eigenvalue weighted by molar-refractivity contribution is 0.0597. The zero-order valence-corrected chi connectivity index (χ0v) is 12.5. The van der Waals surface area contributed by atoms with Crippen LogP contribution in [0.15, 0.2) is 16.6 Å². The Morgan fingerprint density at radius 2 is 2.21 bits per heavy atom. The maximum atomic E-state index is 11.5. The van der Waals surface area contributed by atoms with Gasteiger partial charge in [-0.2, -0.15) is 0 Å². The van der Waals surface area contributed by atoms with Gasteiger partial charge in [0.1, 0.15) is 11.3 Å². The van der Waals surface area contributed by atoms with Gasteiger partial charge in [-0.1, -0.05) is 22.9 Å². The molecule has 0 amide bonds. The van der Waals surface area contributed by atoms with Crippen LogP contribution < -0.4 is 5.32 Å². The third-order valence-corrected chi connectivity index (χ3v) is 3.60. The number of methoxy groups -OCH3 is 1. The molecular formula is C13H18BrNO4. The highest BCUT2D eigenvalue weighted by Gasteiger charge is 2.15. The van der Waals surface area contributed by atoms with E-state index in [2.05, 4.69) is 26.0 Å². The smallest absolute Gasteiger partial charge is 0.341 e. The summed E-state index contributed by atoms with van der Waals surface area (Å²) in [6.45, 7) is 2.50. The molecule has 1 aromatic rings. The molecule has 0 aliphatic rings. The molecule has 0 heterocycles. The number of aliphatic hydroxyl groups excluding tert-OH is 1. The number of benzene rings is 1. The third kappa shape index (κ3) is 4.19. The molecule has 3 N–H and O–H groups in total. The van der Waals surface area contributed by atoms with Crippen LogP contribution in [0.4, 0.5) is 0 Å². The molecule has 0 saturated carbocycles. The number of halogens is 1. The number of carbonyl (C=O) groups excluding carboxylic acids is 1. The van der Waals surface area contributed by atoms with Crippen LogP contribution in [0.5, 0.6) is 5.75 Å². The highest BCUT2D eigenvalue weighted by molar-refractivity contribution is 9.10. The Morgan fingerprint density at radius 1 is 1.53 bits per heavy atom. The van der Waals surface area contributed by atoms with Gasteiger partial charge < -0.3 is 20.3 Å². The average molecular weight is 332 g/mol. The van der Waals surface area contributed by atoms with Gasteiger partial charge in [-0.3, -0.25) is 0 Å². The van der Waals surface area contributed by atoms with E-state index in [9.17, 15) is 9.90 Å². The van der Waals surface area contributed by atoms with E-state index in [1.807, 2.05) is 6.92 Å². The summed E-state index contributed by atoms with van der Waals surface area (Å²) >= 11 is 3.33. The number of esters is 1. The first kappa shape index (κ1) is 15.9. The van der Waals surface area contributed by atoms with E-state index in [0.717, 1.165) is 12.0 Å². The minimum Gasteiger partial charge on any atom is -0.507 e. The average Bonchev–Trinajstić information content (AvgIpc) is 2.41. The largest absolute Gasteiger partial charge is 0.507 e. The number of phenols is 1. The topological polar surface area (TPSA) is 78.8 Å². The monoisotopic (exact) mass is 331 g/mol. The Hall–Kier alpha value is -1.11. The van der Waals surface area contributed by atoms with Crippen LogP contribution in [0.2, 0.25) is 0 Å². The molecule has 0 fully saturated rings. The lowest BCUT2D eigenvalue weighted by Gasteiger charge is -2.15. The van der Waals surface area contributed by atoms with Crippen molar-refractivity contribution in [1.82, 2.24) is 5.32 Å². The van der Waals surface area contributed by atoms with Crippen molar-refractivity contribution in [3.05, 3.63) is 27.7 Å². The van der Waals surface area contributed by atoms with E-state index in [0.29, 0.717) is 11.0 Å². The Kier molecular flexibility index (Phi) is 6.27. The highest BCUT2D eigenvalue weighted by atomic mass is 79.9. The Morgan fingerprint density at radius 3 is 2.74 bits per heavy atom. The molecule has 0 aliphatic heterocycles. The second kappa shape index (κ2) is 7.47. The molecule has 5 nitrogen and oxygen atoms in total. The van der Waals surface area contributed by atoms with Crippen molar-refractivity contribution in [2.75, 3.05) is 13.7 Å². The molecule has 0 radical (unpaired) electrons. The molecule has 0 saturated heterocycles. The van der Waals surface area contributed by atoms with Gasteiger partial charge in [0, 0.05) is 17.1 Å². The van der Waals surface area contributed by atoms with Crippen LogP contribution in [0.3, 0.4) is 0 Å². The number of aliphatic hydroxyl groups is 1. The van der Waals surface area contributed by atoms with Crippen LogP contribution in [0.25, 0.3) is 0 Å². The van der Waals surface area contributed by atoms with Crippen molar-refractivity contribution in [2.45, 2.75) is 25.9 Å². The van der Waals surface area contributed by atoms with E-state index < -0.39 is 5.97 Å². The molecule has 1 rings (SSSR count). The fourth-order valence-electron chi connectivity index (χ4n) is 1.61. The van der Waals surface area contributed by atoms with E-state index in [4.69, 9.17) is 5.11 Å². The van der Waals surface area contributed by atoms with E-state index in [-0.39, 0.29) is 24.0 Å². The van der Waals surface area contributed by atoms with Gasteiger partial charge >= 0.3 is 5.97 Å². The summed E-state index contributed by atoms with van der Waals surface area (Å²) in [5.41, 5.74) is 0.935. The Balaban J connectivity index is 2.91. The molecule has 0 spiro atoms. The first-order valence-electron chi connectivity index (χ1n) is 5.97. The van der Waals surface area contributed by atoms with Gasteiger partial charge in [-0.15, -0.1) is 0 Å². The lowest BCUT2D eigenvalue weighted by atomic mass is 10.1. The summed E-state index contributed by atoms with van der Waals surface area (Å²) in [6.07, 6.45) is 0.802. The molecule has 0 aromatic heterocycles. The van der Waals surface area contributed by atoms with Gasteiger partial charge in [-0.05, 0) is 24.1 Å². The zero-order valence-electron chi connectivity index (χ0n) is 10.9. The fourth-order valence-corrected chi connectivity index (χ4v) is 2.08. The predicted molar refractivity (Wildman–Crippen MR) is 75.2 cm³/mol. The van der Waals surface area contributed by atoms with Crippen molar-refractivity contribution in [3.63, 3.8) is 0 Å². The van der Waals surface area contributed by atoms with Gasteiger partial charge in [0.2, 0.25) is 0 Å². The highest BCUT2D eigenvalue weighted by Crippen LogP contribution is 2.27. The van der Waals surface area contributed by atoms with E-state index >= 15 is 0 Å².